The normalized spacial score (nSPS) is 19.7. The van der Waals surface area contributed by atoms with Gasteiger partial charge in [0.25, 0.3) is 5.69 Å². The number of hydrogen-bond acceptors (Lipinski definition) is 4. The molecule has 1 saturated heterocycles. The van der Waals surface area contributed by atoms with Crippen LogP contribution in [0.25, 0.3) is 0 Å². The molecular weight excluding hydrogens is 230 g/mol. The van der Waals surface area contributed by atoms with Crippen LogP contribution in [0.1, 0.15) is 19.8 Å². The summed E-state index contributed by atoms with van der Waals surface area (Å²) in [7, 11) is 1.78. The van der Waals surface area contributed by atoms with Crippen LogP contribution in [0, 0.1) is 16.0 Å². The van der Waals surface area contributed by atoms with Gasteiger partial charge >= 0.3 is 0 Å². The number of rotatable bonds is 3. The molecule has 0 aliphatic carbocycles. The number of nitrogens with one attached hydrogen (secondary N) is 1. The molecule has 0 saturated carbocycles. The third-order valence-corrected chi connectivity index (χ3v) is 3.42. The first kappa shape index (κ1) is 12.7. The molecule has 0 amide bonds. The van der Waals surface area contributed by atoms with Crippen molar-refractivity contribution in [1.29, 1.82) is 0 Å². The minimum absolute atomic E-state index is 0.148. The summed E-state index contributed by atoms with van der Waals surface area (Å²) in [5.74, 6) is 0.649. The summed E-state index contributed by atoms with van der Waals surface area (Å²) >= 11 is 0. The van der Waals surface area contributed by atoms with Gasteiger partial charge in [-0.15, -0.1) is 0 Å². The van der Waals surface area contributed by atoms with Gasteiger partial charge in [-0.25, -0.2) is 0 Å². The Balaban J connectivity index is 2.31. The van der Waals surface area contributed by atoms with Crippen molar-refractivity contribution >= 4 is 17.1 Å². The van der Waals surface area contributed by atoms with Gasteiger partial charge in [-0.3, -0.25) is 10.1 Å². The maximum Gasteiger partial charge on any atom is 0.273 e. The number of anilines is 2. The second-order valence-corrected chi connectivity index (χ2v) is 4.94. The first-order chi connectivity index (χ1) is 8.60. The number of nitro benzene ring substituents is 1. The van der Waals surface area contributed by atoms with Gasteiger partial charge in [-0.2, -0.15) is 0 Å². The van der Waals surface area contributed by atoms with Crippen LogP contribution in [0.2, 0.25) is 0 Å². The largest absolute Gasteiger partial charge is 0.388 e. The molecule has 0 radical (unpaired) electrons. The zero-order valence-corrected chi connectivity index (χ0v) is 10.8. The number of piperidine rings is 1. The Morgan fingerprint density at radius 2 is 2.22 bits per heavy atom. The lowest BCUT2D eigenvalue weighted by molar-refractivity contribution is -0.384. The molecular formula is C13H19N3O2. The fourth-order valence-corrected chi connectivity index (χ4v) is 2.45. The average molecular weight is 249 g/mol. The SMILES string of the molecule is CNc1cc(N2CCCC(C)C2)cc([N+](=O)[O-])c1. The van der Waals surface area contributed by atoms with E-state index in [-0.39, 0.29) is 10.6 Å². The van der Waals surface area contributed by atoms with Crippen LogP contribution < -0.4 is 10.2 Å². The van der Waals surface area contributed by atoms with Crippen molar-refractivity contribution in [1.82, 2.24) is 0 Å². The van der Waals surface area contributed by atoms with Crippen molar-refractivity contribution in [2.45, 2.75) is 19.8 Å². The molecule has 1 heterocycles. The lowest BCUT2D eigenvalue weighted by Crippen LogP contribution is -2.34. The minimum atomic E-state index is -0.336. The van der Waals surface area contributed by atoms with Crippen molar-refractivity contribution in [3.8, 4) is 0 Å². The average Bonchev–Trinajstić information content (AvgIpc) is 2.38. The summed E-state index contributed by atoms with van der Waals surface area (Å²) in [4.78, 5) is 12.8. The van der Waals surface area contributed by atoms with Crippen molar-refractivity contribution in [2.24, 2.45) is 5.92 Å². The van der Waals surface area contributed by atoms with E-state index in [9.17, 15) is 10.1 Å². The van der Waals surface area contributed by atoms with E-state index in [4.69, 9.17) is 0 Å². The van der Waals surface area contributed by atoms with E-state index in [1.165, 1.54) is 6.42 Å². The molecule has 0 spiro atoms. The molecule has 1 N–H and O–H groups in total. The minimum Gasteiger partial charge on any atom is -0.388 e. The first-order valence-corrected chi connectivity index (χ1v) is 6.32. The van der Waals surface area contributed by atoms with Crippen molar-refractivity contribution in [2.75, 3.05) is 30.4 Å². The Morgan fingerprint density at radius 3 is 2.83 bits per heavy atom. The lowest BCUT2D eigenvalue weighted by atomic mass is 9.99. The summed E-state index contributed by atoms with van der Waals surface area (Å²) < 4.78 is 0. The quantitative estimate of drug-likeness (QED) is 0.661. The highest BCUT2D eigenvalue weighted by Gasteiger charge is 2.19. The number of hydrogen-bond donors (Lipinski definition) is 1. The fraction of sp³-hybridized carbons (Fsp3) is 0.538. The number of nitro groups is 1. The van der Waals surface area contributed by atoms with E-state index in [2.05, 4.69) is 17.1 Å². The van der Waals surface area contributed by atoms with E-state index in [0.717, 1.165) is 30.9 Å². The van der Waals surface area contributed by atoms with Crippen molar-refractivity contribution in [3.63, 3.8) is 0 Å². The molecule has 98 valence electrons. The van der Waals surface area contributed by atoms with E-state index >= 15 is 0 Å². The number of benzene rings is 1. The zero-order chi connectivity index (χ0) is 13.1. The number of nitrogens with zero attached hydrogens (tertiary/aromatic N) is 2. The molecule has 5 nitrogen and oxygen atoms in total. The highest BCUT2D eigenvalue weighted by Crippen LogP contribution is 2.29. The van der Waals surface area contributed by atoms with Crippen LogP contribution in [-0.2, 0) is 0 Å². The van der Waals surface area contributed by atoms with E-state index in [1.807, 2.05) is 6.07 Å². The molecule has 1 fully saturated rings. The summed E-state index contributed by atoms with van der Waals surface area (Å²) in [6, 6.07) is 5.21. The van der Waals surface area contributed by atoms with E-state index < -0.39 is 0 Å². The zero-order valence-electron chi connectivity index (χ0n) is 10.8. The molecule has 1 aliphatic heterocycles. The van der Waals surface area contributed by atoms with Crippen molar-refractivity contribution in [3.05, 3.63) is 28.3 Å². The van der Waals surface area contributed by atoms with Crippen molar-refractivity contribution < 1.29 is 4.92 Å². The summed E-state index contributed by atoms with van der Waals surface area (Å²) in [5, 5.41) is 13.9. The van der Waals surface area contributed by atoms with Gasteiger partial charge in [-0.1, -0.05) is 6.92 Å². The molecule has 2 rings (SSSR count). The molecule has 1 aliphatic rings. The Hall–Kier alpha value is -1.78. The van der Waals surface area contributed by atoms with E-state index in [0.29, 0.717) is 5.92 Å². The highest BCUT2D eigenvalue weighted by atomic mass is 16.6. The molecule has 1 atom stereocenters. The highest BCUT2D eigenvalue weighted by molar-refractivity contribution is 5.64. The van der Waals surface area contributed by atoms with Gasteiger partial charge in [0, 0.05) is 43.6 Å². The predicted molar refractivity (Wildman–Crippen MR) is 73.3 cm³/mol. The Labute approximate surface area is 107 Å². The molecule has 0 aromatic heterocycles. The van der Waals surface area contributed by atoms with Crippen LogP contribution in [-0.4, -0.2) is 25.1 Å². The van der Waals surface area contributed by atoms with Crippen LogP contribution in [0.5, 0.6) is 0 Å². The van der Waals surface area contributed by atoms with Gasteiger partial charge in [0.05, 0.1) is 4.92 Å². The van der Waals surface area contributed by atoms with Crippen LogP contribution in [0.15, 0.2) is 18.2 Å². The monoisotopic (exact) mass is 249 g/mol. The summed E-state index contributed by atoms with van der Waals surface area (Å²) in [6.07, 6.45) is 2.39. The third-order valence-electron chi connectivity index (χ3n) is 3.42. The third kappa shape index (κ3) is 2.72. The molecule has 1 aromatic carbocycles. The lowest BCUT2D eigenvalue weighted by Gasteiger charge is -2.32. The van der Waals surface area contributed by atoms with Crippen LogP contribution in [0.3, 0.4) is 0 Å². The fourth-order valence-electron chi connectivity index (χ4n) is 2.45. The molecule has 1 unspecified atom stereocenters. The van der Waals surface area contributed by atoms with Crippen LogP contribution >= 0.6 is 0 Å². The standard InChI is InChI=1S/C13H19N3O2/c1-10-4-3-5-15(9-10)12-6-11(14-2)7-13(8-12)16(17)18/h6-8,10,14H,3-5,9H2,1-2H3. The second-order valence-electron chi connectivity index (χ2n) is 4.94. The first-order valence-electron chi connectivity index (χ1n) is 6.32. The molecule has 0 bridgehead atoms. The summed E-state index contributed by atoms with van der Waals surface area (Å²) in [6.45, 7) is 4.18. The topological polar surface area (TPSA) is 58.4 Å². The van der Waals surface area contributed by atoms with Gasteiger partial charge < -0.3 is 10.2 Å². The maximum absolute atomic E-state index is 10.9. The predicted octanol–water partition coefficient (Wildman–Crippen LogP) is 2.87. The van der Waals surface area contributed by atoms with Gasteiger partial charge in [0.15, 0.2) is 0 Å². The smallest absolute Gasteiger partial charge is 0.273 e. The Bertz CT molecular complexity index is 448. The summed E-state index contributed by atoms with van der Waals surface area (Å²) in [5.41, 5.74) is 1.88. The second kappa shape index (κ2) is 5.25. The van der Waals surface area contributed by atoms with Gasteiger partial charge in [0.2, 0.25) is 0 Å². The Morgan fingerprint density at radius 1 is 1.44 bits per heavy atom. The Kier molecular flexibility index (Phi) is 3.69. The number of non-ortho nitro benzene ring substituents is 1. The maximum atomic E-state index is 10.9. The van der Waals surface area contributed by atoms with E-state index in [1.54, 1.807) is 19.2 Å². The van der Waals surface area contributed by atoms with Gasteiger partial charge in [0.1, 0.15) is 0 Å². The molecule has 1 aromatic rings. The molecule has 18 heavy (non-hydrogen) atoms. The molecule has 5 heteroatoms. The van der Waals surface area contributed by atoms with Gasteiger partial charge in [-0.05, 0) is 24.8 Å². The van der Waals surface area contributed by atoms with Crippen LogP contribution in [0.4, 0.5) is 17.1 Å².